The van der Waals surface area contributed by atoms with Gasteiger partial charge in [-0.15, -0.1) is 0 Å². The number of benzene rings is 3. The average molecular weight is 916 g/mol. The Hall–Kier alpha value is 0.360. The van der Waals surface area contributed by atoms with E-state index in [0.29, 0.717) is 17.8 Å². The summed E-state index contributed by atoms with van der Waals surface area (Å²) in [5.74, 6) is 1.89. The molecule has 0 saturated heterocycles. The van der Waals surface area contributed by atoms with Gasteiger partial charge in [-0.2, -0.15) is 0 Å². The topological polar surface area (TPSA) is 26.3 Å². The lowest BCUT2D eigenvalue weighted by molar-refractivity contribution is -0.160. The summed E-state index contributed by atoms with van der Waals surface area (Å²) in [4.78, 5) is 17.5. The van der Waals surface area contributed by atoms with Crippen molar-refractivity contribution >= 4 is 112 Å². The SMILES string of the molecule is O=C(OS(c1ccccc1)(c1c(Br)cc(Br)cc1Br)c1c(Br)cc(Br)cc1Br)C12CC3CC(CC(C3)C1)C2. The lowest BCUT2D eigenvalue weighted by Crippen LogP contribution is -2.50. The van der Waals surface area contributed by atoms with Crippen molar-refractivity contribution in [1.82, 2.24) is 0 Å². The Kier molecular flexibility index (Phi) is 8.16. The maximum atomic E-state index is 14.7. The van der Waals surface area contributed by atoms with E-state index in [1.807, 2.05) is 42.5 Å². The minimum Gasteiger partial charge on any atom is -0.401 e. The Balaban J connectivity index is 1.63. The van der Waals surface area contributed by atoms with Gasteiger partial charge in [0.25, 0.3) is 0 Å². The Morgan fingerprint density at radius 1 is 0.684 bits per heavy atom. The maximum Gasteiger partial charge on any atom is 0.323 e. The first-order valence-electron chi connectivity index (χ1n) is 12.5. The summed E-state index contributed by atoms with van der Waals surface area (Å²) in [5.41, 5.74) is -0.398. The fraction of sp³-hybridized carbons (Fsp3) is 0.345. The quantitative estimate of drug-likeness (QED) is 0.255. The van der Waals surface area contributed by atoms with Gasteiger partial charge >= 0.3 is 5.97 Å². The monoisotopic (exact) mass is 910 g/mol. The number of carbonyl (C=O) groups is 1. The van der Waals surface area contributed by atoms with Gasteiger partial charge in [0.05, 0.1) is 15.2 Å². The molecule has 0 aliphatic heterocycles. The van der Waals surface area contributed by atoms with Gasteiger partial charge in [-0.25, -0.2) is 0 Å². The van der Waals surface area contributed by atoms with Crippen molar-refractivity contribution in [1.29, 1.82) is 0 Å². The fourth-order valence-electron chi connectivity index (χ4n) is 7.25. The molecule has 38 heavy (non-hydrogen) atoms. The third-order valence-electron chi connectivity index (χ3n) is 8.25. The van der Waals surface area contributed by atoms with Gasteiger partial charge in [0.2, 0.25) is 0 Å². The van der Waals surface area contributed by atoms with Crippen LogP contribution in [0.15, 0.2) is 96.1 Å². The zero-order chi connectivity index (χ0) is 26.8. The summed E-state index contributed by atoms with van der Waals surface area (Å²) < 4.78 is 12.5. The molecule has 3 aromatic carbocycles. The lowest BCUT2D eigenvalue weighted by atomic mass is 9.49. The Morgan fingerprint density at radius 2 is 1.08 bits per heavy atom. The highest BCUT2D eigenvalue weighted by atomic mass is 79.9. The molecular formula is C29H24Br6O2S. The second kappa shape index (κ2) is 10.9. The summed E-state index contributed by atoms with van der Waals surface area (Å²) in [6, 6.07) is 18.4. The smallest absolute Gasteiger partial charge is 0.323 e. The molecule has 0 heterocycles. The number of carbonyl (C=O) groups excluding carboxylic acids is 1. The molecule has 0 aromatic heterocycles. The van der Waals surface area contributed by atoms with Crippen molar-refractivity contribution in [2.24, 2.45) is 23.2 Å². The van der Waals surface area contributed by atoms with E-state index in [1.54, 1.807) is 0 Å². The molecule has 4 fully saturated rings. The van der Waals surface area contributed by atoms with Gasteiger partial charge in [0.1, 0.15) is 0 Å². The van der Waals surface area contributed by atoms with Crippen molar-refractivity contribution < 1.29 is 8.98 Å². The van der Waals surface area contributed by atoms with Crippen molar-refractivity contribution in [3.8, 4) is 0 Å². The van der Waals surface area contributed by atoms with Crippen LogP contribution in [0.25, 0.3) is 0 Å². The molecule has 200 valence electrons. The summed E-state index contributed by atoms with van der Waals surface area (Å²) >= 11 is 22.8. The second-order valence-corrected chi connectivity index (χ2v) is 18.7. The molecule has 4 bridgehead atoms. The molecule has 2 nitrogen and oxygen atoms in total. The molecule has 3 aromatic rings. The van der Waals surface area contributed by atoms with E-state index in [1.165, 1.54) is 19.3 Å². The molecule has 0 N–H and O–H groups in total. The van der Waals surface area contributed by atoms with Gasteiger partial charge in [-0.3, -0.25) is 4.79 Å². The van der Waals surface area contributed by atoms with E-state index in [0.717, 1.165) is 60.8 Å². The van der Waals surface area contributed by atoms with Crippen LogP contribution >= 0.6 is 106 Å². The van der Waals surface area contributed by atoms with Crippen molar-refractivity contribution in [3.05, 3.63) is 81.4 Å². The lowest BCUT2D eigenvalue weighted by Gasteiger charge is -2.56. The van der Waals surface area contributed by atoms with E-state index in [-0.39, 0.29) is 5.97 Å². The zero-order valence-electron chi connectivity index (χ0n) is 20.2. The molecule has 9 heteroatoms. The van der Waals surface area contributed by atoms with Gasteiger partial charge in [-0.1, -0.05) is 50.1 Å². The van der Waals surface area contributed by atoms with E-state index in [9.17, 15) is 4.79 Å². The molecule has 0 spiro atoms. The number of halogens is 6. The predicted octanol–water partition coefficient (Wildman–Crippen LogP) is 12.2. The molecular weight excluding hydrogens is 892 g/mol. The van der Waals surface area contributed by atoms with Crippen LogP contribution in [0.2, 0.25) is 0 Å². The molecule has 4 saturated carbocycles. The second-order valence-electron chi connectivity index (χ2n) is 10.8. The first-order valence-corrected chi connectivity index (χ1v) is 18.8. The van der Waals surface area contributed by atoms with Crippen LogP contribution in [-0.2, 0) is 8.98 Å². The molecule has 7 rings (SSSR count). The van der Waals surface area contributed by atoms with Crippen LogP contribution in [0.5, 0.6) is 0 Å². The van der Waals surface area contributed by atoms with Crippen LogP contribution < -0.4 is 0 Å². The van der Waals surface area contributed by atoms with Crippen LogP contribution in [0.3, 0.4) is 0 Å². The number of rotatable bonds is 5. The maximum absolute atomic E-state index is 14.7. The zero-order valence-corrected chi connectivity index (χ0v) is 30.5. The van der Waals surface area contributed by atoms with Crippen molar-refractivity contribution in [2.75, 3.05) is 0 Å². The van der Waals surface area contributed by atoms with E-state index < -0.39 is 15.7 Å². The summed E-state index contributed by atoms with van der Waals surface area (Å²) in [7, 11) is -2.56. The molecule has 4 aliphatic rings. The normalized spacial score (nSPS) is 26.4. The number of hydrogen-bond donors (Lipinski definition) is 0. The molecule has 0 unspecified atom stereocenters. The van der Waals surface area contributed by atoms with Crippen LogP contribution in [0.1, 0.15) is 38.5 Å². The van der Waals surface area contributed by atoms with Gasteiger partial charge in [0, 0.05) is 31.7 Å². The first-order chi connectivity index (χ1) is 18.1. The predicted molar refractivity (Wildman–Crippen MR) is 175 cm³/mol. The highest BCUT2D eigenvalue weighted by Crippen LogP contribution is 2.76. The highest BCUT2D eigenvalue weighted by molar-refractivity contribution is 9.12. The molecule has 0 radical (unpaired) electrons. The van der Waals surface area contributed by atoms with Crippen molar-refractivity contribution in [2.45, 2.75) is 53.2 Å². The van der Waals surface area contributed by atoms with E-state index in [2.05, 4.69) is 108 Å². The summed E-state index contributed by atoms with van der Waals surface area (Å²) in [6.45, 7) is 0. The largest absolute Gasteiger partial charge is 0.401 e. The van der Waals surface area contributed by atoms with Crippen LogP contribution in [0, 0.1) is 23.2 Å². The molecule has 4 aliphatic carbocycles. The van der Waals surface area contributed by atoms with Gasteiger partial charge in [0.15, 0.2) is 0 Å². The van der Waals surface area contributed by atoms with Crippen LogP contribution in [-0.4, -0.2) is 5.97 Å². The van der Waals surface area contributed by atoms with Crippen molar-refractivity contribution in [3.63, 3.8) is 0 Å². The Bertz CT molecular complexity index is 1290. The average Bonchev–Trinajstić information content (AvgIpc) is 2.82. The molecule has 0 amide bonds. The summed E-state index contributed by atoms with van der Waals surface area (Å²) in [5, 5.41) is 0. The Morgan fingerprint density at radius 3 is 1.47 bits per heavy atom. The first kappa shape index (κ1) is 28.5. The standard InChI is InChI=1S/C29H24Br6O2S/c30-19-9-22(32)26(23(33)10-19)38(21-4-2-1-3-5-21,27-24(34)11-20(31)12-25(27)35)37-28(36)29-13-16-6-17(14-29)8-18(7-16)15-29/h1-5,9-12,16-18H,6-8,13-15H2. The Labute approximate surface area is 275 Å². The molecule has 0 atom stereocenters. The minimum atomic E-state index is -2.56. The number of hydrogen-bond acceptors (Lipinski definition) is 2. The minimum absolute atomic E-state index is 0.0427. The summed E-state index contributed by atoms with van der Waals surface area (Å²) in [6.07, 6.45) is 6.68. The van der Waals surface area contributed by atoms with E-state index in [4.69, 9.17) is 4.18 Å². The van der Waals surface area contributed by atoms with Gasteiger partial charge < -0.3 is 4.18 Å². The third kappa shape index (κ3) is 4.90. The van der Waals surface area contributed by atoms with Crippen LogP contribution in [0.4, 0.5) is 0 Å². The highest BCUT2D eigenvalue weighted by Gasteiger charge is 2.57. The fourth-order valence-corrected chi connectivity index (χ4v) is 17.7. The third-order valence-corrected chi connectivity index (χ3v) is 16.1. The van der Waals surface area contributed by atoms with E-state index >= 15 is 0 Å². The van der Waals surface area contributed by atoms with Gasteiger partial charge in [-0.05, 0) is 167 Å².